The fourth-order valence-electron chi connectivity index (χ4n) is 1.61. The number of carbonyl (C=O) groups is 1. The predicted molar refractivity (Wildman–Crippen MR) is 67.5 cm³/mol. The Morgan fingerprint density at radius 3 is 3.00 bits per heavy atom. The number of nitrogens with zero attached hydrogens (tertiary/aromatic N) is 1. The molecule has 0 saturated carbocycles. The average molecular weight is 238 g/mol. The first kappa shape index (κ1) is 13.7. The lowest BCUT2D eigenvalue weighted by molar-refractivity contribution is -0.121. The van der Waals surface area contributed by atoms with Crippen molar-refractivity contribution < 1.29 is 4.79 Å². The molecule has 0 saturated heterocycles. The highest BCUT2D eigenvalue weighted by molar-refractivity contribution is 5.76. The van der Waals surface area contributed by atoms with E-state index >= 15 is 0 Å². The smallest absolute Gasteiger partial charge is 0.220 e. The Labute approximate surface area is 102 Å². The number of aromatic amines is 1. The molecule has 0 aliphatic rings. The van der Waals surface area contributed by atoms with Gasteiger partial charge in [0.1, 0.15) is 0 Å². The Morgan fingerprint density at radius 1 is 1.65 bits per heavy atom. The van der Waals surface area contributed by atoms with E-state index in [2.05, 4.69) is 15.5 Å². The lowest BCUT2D eigenvalue weighted by Gasteiger charge is -2.08. The highest BCUT2D eigenvalue weighted by Crippen LogP contribution is 2.05. The molecule has 0 bridgehead atoms. The van der Waals surface area contributed by atoms with Gasteiger partial charge >= 0.3 is 0 Å². The van der Waals surface area contributed by atoms with Crippen molar-refractivity contribution in [2.45, 2.75) is 33.1 Å². The van der Waals surface area contributed by atoms with Crippen LogP contribution >= 0.6 is 0 Å². The van der Waals surface area contributed by atoms with Crippen LogP contribution in [0.15, 0.2) is 6.20 Å². The van der Waals surface area contributed by atoms with Crippen LogP contribution in [0, 0.1) is 12.8 Å². The maximum absolute atomic E-state index is 11.5. The molecular weight excluding hydrogens is 216 g/mol. The molecule has 5 nitrogen and oxygen atoms in total. The zero-order valence-corrected chi connectivity index (χ0v) is 10.6. The van der Waals surface area contributed by atoms with E-state index < -0.39 is 0 Å². The van der Waals surface area contributed by atoms with Crippen molar-refractivity contribution in [3.63, 3.8) is 0 Å². The highest BCUT2D eigenvalue weighted by Gasteiger charge is 2.06. The Hall–Kier alpha value is -1.36. The minimum atomic E-state index is 0.0897. The van der Waals surface area contributed by atoms with Crippen LogP contribution in [-0.2, 0) is 11.2 Å². The maximum Gasteiger partial charge on any atom is 0.220 e. The van der Waals surface area contributed by atoms with Gasteiger partial charge in [-0.3, -0.25) is 9.89 Å². The number of nitrogens with two attached hydrogens (primary N) is 1. The Balaban J connectivity index is 2.12. The minimum absolute atomic E-state index is 0.0897. The third-order valence-electron chi connectivity index (χ3n) is 2.82. The van der Waals surface area contributed by atoms with Crippen LogP contribution in [0.25, 0.3) is 0 Å². The Morgan fingerprint density at radius 2 is 2.41 bits per heavy atom. The van der Waals surface area contributed by atoms with Gasteiger partial charge in [0.25, 0.3) is 0 Å². The summed E-state index contributed by atoms with van der Waals surface area (Å²) in [4.78, 5) is 11.5. The molecule has 4 N–H and O–H groups in total. The summed E-state index contributed by atoms with van der Waals surface area (Å²) >= 11 is 0. The molecule has 0 aromatic carbocycles. The number of nitrogens with one attached hydrogen (secondary N) is 2. The van der Waals surface area contributed by atoms with Crippen molar-refractivity contribution >= 4 is 5.91 Å². The number of aryl methyl sites for hydroxylation is 2. The van der Waals surface area contributed by atoms with Gasteiger partial charge in [0, 0.05) is 18.7 Å². The average Bonchev–Trinajstić information content (AvgIpc) is 2.70. The zero-order valence-electron chi connectivity index (χ0n) is 10.6. The lowest BCUT2D eigenvalue weighted by Crippen LogP contribution is -2.28. The summed E-state index contributed by atoms with van der Waals surface area (Å²) in [6.07, 6.45) is 4.23. The molecule has 1 heterocycles. The molecule has 0 radical (unpaired) electrons. The van der Waals surface area contributed by atoms with Gasteiger partial charge in [-0.1, -0.05) is 6.92 Å². The van der Waals surface area contributed by atoms with Crippen LogP contribution in [0.3, 0.4) is 0 Å². The quantitative estimate of drug-likeness (QED) is 0.613. The van der Waals surface area contributed by atoms with Crippen molar-refractivity contribution in [3.8, 4) is 0 Å². The summed E-state index contributed by atoms with van der Waals surface area (Å²) in [6, 6.07) is 0. The second-order valence-electron chi connectivity index (χ2n) is 4.52. The van der Waals surface area contributed by atoms with E-state index in [-0.39, 0.29) is 11.8 Å². The van der Waals surface area contributed by atoms with Gasteiger partial charge in [-0.25, -0.2) is 0 Å². The van der Waals surface area contributed by atoms with Gasteiger partial charge in [0.2, 0.25) is 5.91 Å². The standard InChI is InChI=1S/C12H22N4O/c1-9(7-13)6-12(17)14-5-3-4-11-8-15-16-10(11)2/h8-9H,3-7,13H2,1-2H3,(H,14,17)(H,15,16). The summed E-state index contributed by atoms with van der Waals surface area (Å²) in [5.41, 5.74) is 7.79. The van der Waals surface area contributed by atoms with Crippen molar-refractivity contribution in [1.29, 1.82) is 0 Å². The summed E-state index contributed by atoms with van der Waals surface area (Å²) in [5.74, 6) is 0.345. The molecule has 96 valence electrons. The topological polar surface area (TPSA) is 83.8 Å². The number of H-pyrrole nitrogens is 1. The first-order chi connectivity index (χ1) is 8.13. The molecule has 1 atom stereocenters. The molecule has 1 rings (SSSR count). The first-order valence-electron chi connectivity index (χ1n) is 6.09. The fraction of sp³-hybridized carbons (Fsp3) is 0.667. The van der Waals surface area contributed by atoms with Gasteiger partial charge < -0.3 is 11.1 Å². The molecular formula is C12H22N4O. The molecule has 1 amide bonds. The van der Waals surface area contributed by atoms with Crippen LogP contribution in [-0.4, -0.2) is 29.2 Å². The van der Waals surface area contributed by atoms with Crippen LogP contribution in [0.2, 0.25) is 0 Å². The summed E-state index contributed by atoms with van der Waals surface area (Å²) in [7, 11) is 0. The van der Waals surface area contributed by atoms with Crippen LogP contribution < -0.4 is 11.1 Å². The summed E-state index contributed by atoms with van der Waals surface area (Å²) in [6.45, 7) is 5.25. The molecule has 0 aliphatic heterocycles. The van der Waals surface area contributed by atoms with Crippen molar-refractivity contribution in [1.82, 2.24) is 15.5 Å². The molecule has 0 aliphatic carbocycles. The van der Waals surface area contributed by atoms with E-state index in [0.717, 1.165) is 18.5 Å². The minimum Gasteiger partial charge on any atom is -0.356 e. The largest absolute Gasteiger partial charge is 0.356 e. The predicted octanol–water partition coefficient (Wildman–Crippen LogP) is 0.752. The van der Waals surface area contributed by atoms with Gasteiger partial charge in [-0.15, -0.1) is 0 Å². The van der Waals surface area contributed by atoms with Crippen LogP contribution in [0.4, 0.5) is 0 Å². The SMILES string of the molecule is Cc1[nH]ncc1CCCNC(=O)CC(C)CN. The first-order valence-corrected chi connectivity index (χ1v) is 6.09. The third-order valence-corrected chi connectivity index (χ3v) is 2.82. The van der Waals surface area contributed by atoms with E-state index in [4.69, 9.17) is 5.73 Å². The number of amides is 1. The molecule has 0 fully saturated rings. The zero-order chi connectivity index (χ0) is 12.7. The molecule has 17 heavy (non-hydrogen) atoms. The summed E-state index contributed by atoms with van der Waals surface area (Å²) in [5, 5.41) is 9.77. The monoisotopic (exact) mass is 238 g/mol. The number of aromatic nitrogens is 2. The molecule has 5 heteroatoms. The number of hydrogen-bond donors (Lipinski definition) is 3. The van der Waals surface area contributed by atoms with E-state index in [9.17, 15) is 4.79 Å². The fourth-order valence-corrected chi connectivity index (χ4v) is 1.61. The van der Waals surface area contributed by atoms with Gasteiger partial charge in [0.15, 0.2) is 0 Å². The second-order valence-corrected chi connectivity index (χ2v) is 4.52. The van der Waals surface area contributed by atoms with Crippen molar-refractivity contribution in [2.75, 3.05) is 13.1 Å². The molecule has 1 unspecified atom stereocenters. The van der Waals surface area contributed by atoms with Crippen molar-refractivity contribution in [3.05, 3.63) is 17.5 Å². The lowest BCUT2D eigenvalue weighted by atomic mass is 10.1. The van der Waals surface area contributed by atoms with Crippen LogP contribution in [0.1, 0.15) is 31.0 Å². The van der Waals surface area contributed by atoms with Crippen LogP contribution in [0.5, 0.6) is 0 Å². The maximum atomic E-state index is 11.5. The Kier molecular flexibility index (Phi) is 5.69. The second kappa shape index (κ2) is 7.06. The highest BCUT2D eigenvalue weighted by atomic mass is 16.1. The molecule has 1 aromatic rings. The normalized spacial score (nSPS) is 12.4. The van der Waals surface area contributed by atoms with E-state index in [1.165, 1.54) is 5.56 Å². The summed E-state index contributed by atoms with van der Waals surface area (Å²) < 4.78 is 0. The third kappa shape index (κ3) is 4.99. The van der Waals surface area contributed by atoms with E-state index in [0.29, 0.717) is 19.5 Å². The number of hydrogen-bond acceptors (Lipinski definition) is 3. The Bertz CT molecular complexity index is 348. The van der Waals surface area contributed by atoms with Crippen molar-refractivity contribution in [2.24, 2.45) is 11.7 Å². The molecule has 0 spiro atoms. The van der Waals surface area contributed by atoms with E-state index in [1.807, 2.05) is 20.0 Å². The van der Waals surface area contributed by atoms with Gasteiger partial charge in [-0.2, -0.15) is 5.10 Å². The van der Waals surface area contributed by atoms with Gasteiger partial charge in [-0.05, 0) is 37.8 Å². The number of carbonyl (C=O) groups excluding carboxylic acids is 1. The molecule has 1 aromatic heterocycles. The number of rotatable bonds is 7. The van der Waals surface area contributed by atoms with E-state index in [1.54, 1.807) is 0 Å². The van der Waals surface area contributed by atoms with Gasteiger partial charge in [0.05, 0.1) is 6.20 Å².